The van der Waals surface area contributed by atoms with E-state index in [-0.39, 0.29) is 11.9 Å². The van der Waals surface area contributed by atoms with Crippen LogP contribution in [0.4, 0.5) is 0 Å². The molecule has 0 radical (unpaired) electrons. The molecule has 1 saturated heterocycles. The van der Waals surface area contributed by atoms with Gasteiger partial charge in [-0.3, -0.25) is 4.79 Å². The van der Waals surface area contributed by atoms with Crippen LogP contribution in [0.1, 0.15) is 19.3 Å². The SMILES string of the molecule is COCCCCNC1CCN(C)C1=O. The number of amides is 1. The predicted octanol–water partition coefficient (Wildman–Crippen LogP) is 0.233. The van der Waals surface area contributed by atoms with Gasteiger partial charge in [0.1, 0.15) is 0 Å². The molecule has 1 unspecified atom stereocenters. The normalized spacial score (nSPS) is 22.0. The van der Waals surface area contributed by atoms with Gasteiger partial charge in [0.15, 0.2) is 0 Å². The maximum atomic E-state index is 11.5. The maximum Gasteiger partial charge on any atom is 0.239 e. The van der Waals surface area contributed by atoms with Crippen LogP contribution in [0, 0.1) is 0 Å². The van der Waals surface area contributed by atoms with Crippen LogP contribution in [0.5, 0.6) is 0 Å². The molecule has 1 heterocycles. The van der Waals surface area contributed by atoms with Crippen LogP contribution in [0.15, 0.2) is 0 Å². The average molecular weight is 200 g/mol. The molecule has 4 heteroatoms. The zero-order chi connectivity index (χ0) is 10.4. The van der Waals surface area contributed by atoms with Crippen LogP contribution in [-0.2, 0) is 9.53 Å². The second-order valence-electron chi connectivity index (χ2n) is 3.76. The molecule has 82 valence electrons. The first-order valence-electron chi connectivity index (χ1n) is 5.23. The summed E-state index contributed by atoms with van der Waals surface area (Å²) in [6, 6.07) is 0.0579. The number of rotatable bonds is 6. The molecule has 1 fully saturated rings. The number of nitrogens with zero attached hydrogens (tertiary/aromatic N) is 1. The third-order valence-electron chi connectivity index (χ3n) is 2.59. The molecule has 0 aromatic rings. The number of hydrogen-bond donors (Lipinski definition) is 1. The Hall–Kier alpha value is -0.610. The highest BCUT2D eigenvalue weighted by molar-refractivity contribution is 5.83. The minimum Gasteiger partial charge on any atom is -0.385 e. The number of nitrogens with one attached hydrogen (secondary N) is 1. The van der Waals surface area contributed by atoms with Crippen LogP contribution in [0.2, 0.25) is 0 Å². The number of carbonyl (C=O) groups excluding carboxylic acids is 1. The van der Waals surface area contributed by atoms with Crippen molar-refractivity contribution < 1.29 is 9.53 Å². The monoisotopic (exact) mass is 200 g/mol. The topological polar surface area (TPSA) is 41.6 Å². The summed E-state index contributed by atoms with van der Waals surface area (Å²) in [5.74, 6) is 0.233. The first kappa shape index (κ1) is 11.5. The Kier molecular flexibility index (Phi) is 4.90. The van der Waals surface area contributed by atoms with Crippen LogP contribution in [0.25, 0.3) is 0 Å². The molecular weight excluding hydrogens is 180 g/mol. The minimum absolute atomic E-state index is 0.0579. The number of carbonyl (C=O) groups is 1. The van der Waals surface area contributed by atoms with Gasteiger partial charge in [0.2, 0.25) is 5.91 Å². The van der Waals surface area contributed by atoms with E-state index >= 15 is 0 Å². The van der Waals surface area contributed by atoms with Gasteiger partial charge in [-0.15, -0.1) is 0 Å². The lowest BCUT2D eigenvalue weighted by atomic mass is 10.2. The Balaban J connectivity index is 2.04. The summed E-state index contributed by atoms with van der Waals surface area (Å²) in [5, 5.41) is 3.27. The molecule has 1 N–H and O–H groups in total. The second kappa shape index (κ2) is 5.98. The highest BCUT2D eigenvalue weighted by Gasteiger charge is 2.27. The maximum absolute atomic E-state index is 11.5. The van der Waals surface area contributed by atoms with Gasteiger partial charge in [-0.2, -0.15) is 0 Å². The van der Waals surface area contributed by atoms with Gasteiger partial charge >= 0.3 is 0 Å². The lowest BCUT2D eigenvalue weighted by Gasteiger charge is -2.11. The molecule has 0 aromatic heterocycles. The summed E-state index contributed by atoms with van der Waals surface area (Å²) in [5.41, 5.74) is 0. The zero-order valence-corrected chi connectivity index (χ0v) is 9.08. The Bertz CT molecular complexity index is 185. The van der Waals surface area contributed by atoms with E-state index in [1.54, 1.807) is 12.0 Å². The summed E-state index contributed by atoms with van der Waals surface area (Å²) in [7, 11) is 3.57. The van der Waals surface area contributed by atoms with E-state index in [0.717, 1.165) is 39.0 Å². The Morgan fingerprint density at radius 2 is 2.36 bits per heavy atom. The van der Waals surface area contributed by atoms with Crippen LogP contribution in [-0.4, -0.2) is 50.7 Å². The number of hydrogen-bond acceptors (Lipinski definition) is 3. The van der Waals surface area contributed by atoms with Crippen LogP contribution >= 0.6 is 0 Å². The predicted molar refractivity (Wildman–Crippen MR) is 55.2 cm³/mol. The molecule has 0 aliphatic carbocycles. The lowest BCUT2D eigenvalue weighted by molar-refractivity contribution is -0.128. The third-order valence-corrected chi connectivity index (χ3v) is 2.59. The summed E-state index contributed by atoms with van der Waals surface area (Å²) in [4.78, 5) is 13.2. The van der Waals surface area contributed by atoms with Crippen molar-refractivity contribution in [3.8, 4) is 0 Å². The van der Waals surface area contributed by atoms with Crippen molar-refractivity contribution >= 4 is 5.91 Å². The van der Waals surface area contributed by atoms with Crippen molar-refractivity contribution in [3.63, 3.8) is 0 Å². The van der Waals surface area contributed by atoms with Gasteiger partial charge < -0.3 is 15.0 Å². The third kappa shape index (κ3) is 3.27. The zero-order valence-electron chi connectivity index (χ0n) is 9.08. The van der Waals surface area contributed by atoms with E-state index in [1.807, 2.05) is 7.05 Å². The summed E-state index contributed by atoms with van der Waals surface area (Å²) >= 11 is 0. The number of ether oxygens (including phenoxy) is 1. The lowest BCUT2D eigenvalue weighted by Crippen LogP contribution is -2.37. The van der Waals surface area contributed by atoms with E-state index in [0.29, 0.717) is 0 Å². The van der Waals surface area contributed by atoms with E-state index in [2.05, 4.69) is 5.32 Å². The number of likely N-dealkylation sites (N-methyl/N-ethyl adjacent to an activating group) is 1. The van der Waals surface area contributed by atoms with E-state index in [1.165, 1.54) is 0 Å². The average Bonchev–Trinajstić information content (AvgIpc) is 2.49. The second-order valence-corrected chi connectivity index (χ2v) is 3.76. The fourth-order valence-corrected chi connectivity index (χ4v) is 1.66. The van der Waals surface area contributed by atoms with Crippen molar-refractivity contribution in [3.05, 3.63) is 0 Å². The number of methoxy groups -OCH3 is 1. The fraction of sp³-hybridized carbons (Fsp3) is 0.900. The van der Waals surface area contributed by atoms with Gasteiger partial charge in [0.05, 0.1) is 6.04 Å². The Labute approximate surface area is 85.6 Å². The van der Waals surface area contributed by atoms with Gasteiger partial charge in [-0.05, 0) is 25.8 Å². The first-order chi connectivity index (χ1) is 6.75. The van der Waals surface area contributed by atoms with Crippen LogP contribution < -0.4 is 5.32 Å². The van der Waals surface area contributed by atoms with Crippen LogP contribution in [0.3, 0.4) is 0 Å². The Morgan fingerprint density at radius 3 is 2.93 bits per heavy atom. The first-order valence-corrected chi connectivity index (χ1v) is 5.23. The number of likely N-dealkylation sites (tertiary alicyclic amines) is 1. The molecular formula is C10H20N2O2. The molecule has 1 atom stereocenters. The van der Waals surface area contributed by atoms with Gasteiger partial charge in [0, 0.05) is 27.3 Å². The fourth-order valence-electron chi connectivity index (χ4n) is 1.66. The molecule has 1 rings (SSSR count). The van der Waals surface area contributed by atoms with E-state index in [9.17, 15) is 4.79 Å². The highest BCUT2D eigenvalue weighted by atomic mass is 16.5. The molecule has 1 aliphatic heterocycles. The van der Waals surface area contributed by atoms with Gasteiger partial charge in [-0.1, -0.05) is 0 Å². The number of unbranched alkanes of at least 4 members (excludes halogenated alkanes) is 1. The van der Waals surface area contributed by atoms with Gasteiger partial charge in [0.25, 0.3) is 0 Å². The summed E-state index contributed by atoms with van der Waals surface area (Å²) < 4.78 is 4.95. The molecule has 0 saturated carbocycles. The largest absolute Gasteiger partial charge is 0.385 e. The van der Waals surface area contributed by atoms with Crippen molar-refractivity contribution in [2.45, 2.75) is 25.3 Å². The highest BCUT2D eigenvalue weighted by Crippen LogP contribution is 2.08. The minimum atomic E-state index is 0.0579. The molecule has 4 nitrogen and oxygen atoms in total. The van der Waals surface area contributed by atoms with E-state index in [4.69, 9.17) is 4.74 Å². The van der Waals surface area contributed by atoms with Crippen molar-refractivity contribution in [1.82, 2.24) is 10.2 Å². The molecule has 1 amide bonds. The standard InChI is InChI=1S/C10H20N2O2/c1-12-7-5-9(10(12)13)11-6-3-4-8-14-2/h9,11H,3-8H2,1-2H3. The molecule has 0 spiro atoms. The molecule has 14 heavy (non-hydrogen) atoms. The smallest absolute Gasteiger partial charge is 0.239 e. The van der Waals surface area contributed by atoms with Crippen molar-refractivity contribution in [2.24, 2.45) is 0 Å². The quantitative estimate of drug-likeness (QED) is 0.624. The summed E-state index contributed by atoms with van der Waals surface area (Å²) in [6.07, 6.45) is 3.07. The molecule has 1 aliphatic rings. The molecule has 0 bridgehead atoms. The van der Waals surface area contributed by atoms with Gasteiger partial charge in [-0.25, -0.2) is 0 Å². The Morgan fingerprint density at radius 1 is 1.57 bits per heavy atom. The van der Waals surface area contributed by atoms with E-state index < -0.39 is 0 Å². The van der Waals surface area contributed by atoms with Crippen molar-refractivity contribution in [2.75, 3.05) is 33.9 Å². The molecule has 0 aromatic carbocycles. The summed E-state index contributed by atoms with van der Waals surface area (Å²) in [6.45, 7) is 2.60. The van der Waals surface area contributed by atoms with Crippen molar-refractivity contribution in [1.29, 1.82) is 0 Å².